The van der Waals surface area contributed by atoms with Gasteiger partial charge in [-0.1, -0.05) is 19.3 Å². The van der Waals surface area contributed by atoms with Gasteiger partial charge in [-0.05, 0) is 45.7 Å². The summed E-state index contributed by atoms with van der Waals surface area (Å²) in [6, 6.07) is 0.336. The Labute approximate surface area is 177 Å². The first-order chi connectivity index (χ1) is 14.5. The number of nitrogens with one attached hydrogen (secondary N) is 2. The molecule has 2 N–H and O–H groups in total. The first kappa shape index (κ1) is 22.3. The second kappa shape index (κ2) is 10.6. The number of amides is 2. The molecule has 166 valence electrons. The normalized spacial score (nSPS) is 18.7. The van der Waals surface area contributed by atoms with Crippen molar-refractivity contribution in [1.82, 2.24) is 20.0 Å². The van der Waals surface area contributed by atoms with Crippen molar-refractivity contribution in [3.8, 4) is 0 Å². The maximum absolute atomic E-state index is 12.5. The number of rotatable bonds is 7. The van der Waals surface area contributed by atoms with Crippen LogP contribution in [0.1, 0.15) is 62.2 Å². The Kier molecular flexibility index (Phi) is 7.84. The zero-order chi connectivity index (χ0) is 21.5. The summed E-state index contributed by atoms with van der Waals surface area (Å²) in [5.41, 5.74) is 0.241. The fourth-order valence-corrected chi connectivity index (χ4v) is 4.24. The fourth-order valence-electron chi connectivity index (χ4n) is 4.24. The predicted molar refractivity (Wildman–Crippen MR) is 112 cm³/mol. The van der Waals surface area contributed by atoms with Crippen molar-refractivity contribution in [2.24, 2.45) is 13.0 Å². The molecule has 1 aliphatic heterocycles. The van der Waals surface area contributed by atoms with Gasteiger partial charge in [-0.3, -0.25) is 19.2 Å². The third-order valence-corrected chi connectivity index (χ3v) is 5.97. The smallest absolute Gasteiger partial charge is 0.343 e. The van der Waals surface area contributed by atoms with E-state index in [1.807, 2.05) is 4.90 Å². The molecule has 0 spiro atoms. The van der Waals surface area contributed by atoms with Crippen LogP contribution < -0.4 is 10.6 Å². The highest BCUT2D eigenvalue weighted by Gasteiger charge is 2.28. The van der Waals surface area contributed by atoms with Crippen molar-refractivity contribution in [3.63, 3.8) is 0 Å². The molecule has 1 aromatic heterocycles. The number of carbonyl (C=O) groups excluding carboxylic acids is 3. The number of esters is 1. The molecule has 2 heterocycles. The fraction of sp³-hybridized carbons (Fsp3) is 0.714. The van der Waals surface area contributed by atoms with Crippen LogP contribution in [0.15, 0.2) is 6.20 Å². The van der Waals surface area contributed by atoms with Gasteiger partial charge in [0, 0.05) is 19.0 Å². The van der Waals surface area contributed by atoms with Gasteiger partial charge >= 0.3 is 5.97 Å². The number of hydrogen-bond donors (Lipinski definition) is 2. The molecule has 1 aliphatic carbocycles. The second-order valence-corrected chi connectivity index (χ2v) is 8.19. The molecule has 0 radical (unpaired) electrons. The van der Waals surface area contributed by atoms with Crippen molar-refractivity contribution < 1.29 is 19.1 Å². The Morgan fingerprint density at radius 3 is 2.50 bits per heavy atom. The number of aryl methyl sites for hydroxylation is 1. The molecule has 30 heavy (non-hydrogen) atoms. The zero-order valence-electron chi connectivity index (χ0n) is 18.0. The van der Waals surface area contributed by atoms with E-state index < -0.39 is 5.97 Å². The molecule has 2 fully saturated rings. The van der Waals surface area contributed by atoms with Gasteiger partial charge in [0.2, 0.25) is 11.8 Å². The third-order valence-electron chi connectivity index (χ3n) is 5.97. The summed E-state index contributed by atoms with van der Waals surface area (Å²) in [7, 11) is 1.66. The number of piperidine rings is 1. The molecule has 9 heteroatoms. The molecule has 2 amide bonds. The zero-order valence-corrected chi connectivity index (χ0v) is 18.0. The van der Waals surface area contributed by atoms with Crippen LogP contribution in [0.4, 0.5) is 5.82 Å². The van der Waals surface area contributed by atoms with E-state index in [9.17, 15) is 14.4 Å². The number of anilines is 1. The van der Waals surface area contributed by atoms with E-state index in [0.29, 0.717) is 24.9 Å². The maximum atomic E-state index is 12.5. The maximum Gasteiger partial charge on any atom is 0.343 e. The Hall–Kier alpha value is -2.42. The van der Waals surface area contributed by atoms with Gasteiger partial charge in [-0.2, -0.15) is 5.10 Å². The lowest BCUT2D eigenvalue weighted by molar-refractivity contribution is -0.127. The summed E-state index contributed by atoms with van der Waals surface area (Å²) in [5, 5.41) is 10.0. The highest BCUT2D eigenvalue weighted by atomic mass is 16.5. The van der Waals surface area contributed by atoms with Gasteiger partial charge in [0.15, 0.2) is 0 Å². The number of carbonyl (C=O) groups is 3. The molecule has 0 bridgehead atoms. The van der Waals surface area contributed by atoms with Crippen molar-refractivity contribution in [3.05, 3.63) is 11.8 Å². The molecule has 9 nitrogen and oxygen atoms in total. The quantitative estimate of drug-likeness (QED) is 0.652. The summed E-state index contributed by atoms with van der Waals surface area (Å²) >= 11 is 0. The summed E-state index contributed by atoms with van der Waals surface area (Å²) in [6.07, 6.45) is 8.76. The van der Waals surface area contributed by atoms with Crippen molar-refractivity contribution in [2.45, 2.75) is 57.9 Å². The number of ether oxygens (including phenoxy) is 1. The Bertz CT molecular complexity index is 749. The monoisotopic (exact) mass is 419 g/mol. The number of hydrogen-bond acceptors (Lipinski definition) is 6. The average molecular weight is 420 g/mol. The predicted octanol–water partition coefficient (Wildman–Crippen LogP) is 1.70. The van der Waals surface area contributed by atoms with Crippen molar-refractivity contribution in [1.29, 1.82) is 0 Å². The summed E-state index contributed by atoms with van der Waals surface area (Å²) in [5.74, 6) is -0.196. The minimum atomic E-state index is -0.509. The van der Waals surface area contributed by atoms with Crippen LogP contribution >= 0.6 is 0 Å². The molecule has 1 saturated carbocycles. The van der Waals surface area contributed by atoms with Gasteiger partial charge < -0.3 is 15.4 Å². The Morgan fingerprint density at radius 2 is 1.83 bits per heavy atom. The molecule has 0 atom stereocenters. The van der Waals surface area contributed by atoms with Gasteiger partial charge in [0.1, 0.15) is 11.4 Å². The van der Waals surface area contributed by atoms with Crippen LogP contribution in [0.3, 0.4) is 0 Å². The SMILES string of the molecule is CCOC(=O)c1cnn(C)c1NC(=O)CN1CCC(C(=O)NC2CCCCC2)CC1. The van der Waals surface area contributed by atoms with E-state index in [1.54, 1.807) is 14.0 Å². The lowest BCUT2D eigenvalue weighted by Gasteiger charge is -2.32. The largest absolute Gasteiger partial charge is 0.462 e. The Balaban J connectivity index is 1.45. The van der Waals surface area contributed by atoms with Gasteiger partial charge in [-0.15, -0.1) is 0 Å². The van der Waals surface area contributed by atoms with Crippen LogP contribution in [0.2, 0.25) is 0 Å². The van der Waals surface area contributed by atoms with E-state index in [1.165, 1.54) is 30.1 Å². The van der Waals surface area contributed by atoms with E-state index in [2.05, 4.69) is 15.7 Å². The lowest BCUT2D eigenvalue weighted by atomic mass is 9.92. The van der Waals surface area contributed by atoms with Crippen LogP contribution in [0.5, 0.6) is 0 Å². The average Bonchev–Trinajstić information content (AvgIpc) is 3.09. The van der Waals surface area contributed by atoms with E-state index in [0.717, 1.165) is 25.7 Å². The number of aromatic nitrogens is 2. The lowest BCUT2D eigenvalue weighted by Crippen LogP contribution is -2.45. The first-order valence-electron chi connectivity index (χ1n) is 11.0. The summed E-state index contributed by atoms with van der Waals surface area (Å²) in [6.45, 7) is 3.60. The van der Waals surface area contributed by atoms with Gasteiger partial charge in [0.05, 0.1) is 19.3 Å². The van der Waals surface area contributed by atoms with Crippen LogP contribution in [-0.2, 0) is 21.4 Å². The van der Waals surface area contributed by atoms with E-state index >= 15 is 0 Å². The second-order valence-electron chi connectivity index (χ2n) is 8.19. The van der Waals surface area contributed by atoms with Crippen molar-refractivity contribution >= 4 is 23.6 Å². The topological polar surface area (TPSA) is 106 Å². The highest BCUT2D eigenvalue weighted by molar-refractivity contribution is 6.00. The number of likely N-dealkylation sites (tertiary alicyclic amines) is 1. The number of nitrogens with zero attached hydrogens (tertiary/aromatic N) is 3. The first-order valence-corrected chi connectivity index (χ1v) is 11.0. The summed E-state index contributed by atoms with van der Waals surface area (Å²) in [4.78, 5) is 39.1. The molecule has 3 rings (SSSR count). The van der Waals surface area contributed by atoms with Crippen LogP contribution in [0.25, 0.3) is 0 Å². The van der Waals surface area contributed by atoms with Crippen LogP contribution in [0, 0.1) is 5.92 Å². The minimum Gasteiger partial charge on any atom is -0.462 e. The Morgan fingerprint density at radius 1 is 1.13 bits per heavy atom. The molecular weight excluding hydrogens is 386 g/mol. The molecule has 1 aromatic rings. The van der Waals surface area contributed by atoms with Crippen LogP contribution in [-0.4, -0.2) is 64.7 Å². The minimum absolute atomic E-state index is 0.0266. The highest BCUT2D eigenvalue weighted by Crippen LogP contribution is 2.21. The molecule has 1 saturated heterocycles. The van der Waals surface area contributed by atoms with E-state index in [-0.39, 0.29) is 36.4 Å². The molecular formula is C21H33N5O4. The van der Waals surface area contributed by atoms with Gasteiger partial charge in [-0.25, -0.2) is 4.79 Å². The standard InChI is InChI=1S/C21H33N5O4/c1-3-30-21(29)17-13-22-25(2)19(17)24-18(27)14-26-11-9-15(10-12-26)20(28)23-16-7-5-4-6-8-16/h13,15-16H,3-12,14H2,1-2H3,(H,23,28)(H,24,27). The van der Waals surface area contributed by atoms with E-state index in [4.69, 9.17) is 4.74 Å². The third kappa shape index (κ3) is 5.81. The molecule has 0 unspecified atom stereocenters. The van der Waals surface area contributed by atoms with Crippen molar-refractivity contribution in [2.75, 3.05) is 31.6 Å². The molecule has 0 aromatic carbocycles. The summed E-state index contributed by atoms with van der Waals surface area (Å²) < 4.78 is 6.46. The van der Waals surface area contributed by atoms with Gasteiger partial charge in [0.25, 0.3) is 0 Å². The molecule has 2 aliphatic rings.